The van der Waals surface area contributed by atoms with Gasteiger partial charge in [-0.1, -0.05) is 19.3 Å². The second-order valence-electron chi connectivity index (χ2n) is 6.26. The highest BCUT2D eigenvalue weighted by molar-refractivity contribution is 14.0. The van der Waals surface area contributed by atoms with E-state index >= 15 is 0 Å². The third kappa shape index (κ3) is 10.0. The van der Waals surface area contributed by atoms with Gasteiger partial charge in [0.05, 0.1) is 13.2 Å². The van der Waals surface area contributed by atoms with E-state index in [2.05, 4.69) is 52.2 Å². The predicted molar refractivity (Wildman–Crippen MR) is 118 cm³/mol. The lowest BCUT2D eigenvalue weighted by Gasteiger charge is -2.22. The summed E-state index contributed by atoms with van der Waals surface area (Å²) in [5, 5.41) is 3.42. The van der Waals surface area contributed by atoms with Gasteiger partial charge < -0.3 is 19.5 Å². The molecule has 0 aliphatic carbocycles. The van der Waals surface area contributed by atoms with Gasteiger partial charge >= 0.3 is 5.97 Å². The number of hydrogen-bond acceptors (Lipinski definition) is 3. The van der Waals surface area contributed by atoms with E-state index in [0.29, 0.717) is 13.0 Å². The van der Waals surface area contributed by atoms with Crippen molar-refractivity contribution in [3.63, 3.8) is 0 Å². The number of carbonyl (C=O) groups excluding carboxylic acids is 1. The molecule has 0 unspecified atom stereocenters. The highest BCUT2D eigenvalue weighted by Gasteiger charge is 2.07. The average Bonchev–Trinajstić information content (AvgIpc) is 2.98. The molecule has 1 heterocycles. The number of halogens is 1. The van der Waals surface area contributed by atoms with Crippen LogP contribution in [0.1, 0.15) is 51.1 Å². The molecule has 0 atom stereocenters. The van der Waals surface area contributed by atoms with Gasteiger partial charge in [-0.15, -0.1) is 24.0 Å². The molecule has 0 saturated carbocycles. The van der Waals surface area contributed by atoms with Crippen molar-refractivity contribution in [3.8, 4) is 0 Å². The molecule has 0 fully saturated rings. The Morgan fingerprint density at radius 2 is 1.96 bits per heavy atom. The van der Waals surface area contributed by atoms with Crippen molar-refractivity contribution in [2.24, 2.45) is 12.0 Å². The Hall–Kier alpha value is -1.25. The van der Waals surface area contributed by atoms with Gasteiger partial charge in [0.1, 0.15) is 0 Å². The molecular formula is C19H35IN4O2. The molecular weight excluding hydrogens is 443 g/mol. The summed E-state index contributed by atoms with van der Waals surface area (Å²) in [7, 11) is 5.93. The number of nitrogens with zero attached hydrogens (tertiary/aromatic N) is 3. The van der Waals surface area contributed by atoms with Gasteiger partial charge in [-0.2, -0.15) is 0 Å². The monoisotopic (exact) mass is 478 g/mol. The summed E-state index contributed by atoms with van der Waals surface area (Å²) in [4.78, 5) is 17.7. The van der Waals surface area contributed by atoms with Crippen LogP contribution in [-0.4, -0.2) is 48.6 Å². The fourth-order valence-corrected chi connectivity index (χ4v) is 2.72. The lowest BCUT2D eigenvalue weighted by Crippen LogP contribution is -2.39. The number of unbranched alkanes of at least 4 members (excludes halogenated alkanes) is 4. The van der Waals surface area contributed by atoms with Crippen LogP contribution in [0, 0.1) is 0 Å². The first-order valence-electron chi connectivity index (χ1n) is 9.26. The minimum Gasteiger partial charge on any atom is -0.466 e. The van der Waals surface area contributed by atoms with Crippen LogP contribution < -0.4 is 5.32 Å². The van der Waals surface area contributed by atoms with Crippen LogP contribution in [0.4, 0.5) is 0 Å². The maximum atomic E-state index is 11.2. The number of aryl methyl sites for hydroxylation is 1. The zero-order valence-corrected chi connectivity index (χ0v) is 19.0. The largest absolute Gasteiger partial charge is 0.466 e. The summed E-state index contributed by atoms with van der Waals surface area (Å²) in [6.45, 7) is 4.07. The van der Waals surface area contributed by atoms with Gasteiger partial charge in [-0.25, -0.2) is 0 Å². The molecule has 150 valence electrons. The van der Waals surface area contributed by atoms with Crippen molar-refractivity contribution < 1.29 is 9.53 Å². The van der Waals surface area contributed by atoms with Crippen molar-refractivity contribution in [1.29, 1.82) is 0 Å². The average molecular weight is 478 g/mol. The van der Waals surface area contributed by atoms with Gasteiger partial charge in [0.2, 0.25) is 0 Å². The van der Waals surface area contributed by atoms with E-state index in [1.165, 1.54) is 5.69 Å². The van der Waals surface area contributed by atoms with Crippen LogP contribution in [0.5, 0.6) is 0 Å². The van der Waals surface area contributed by atoms with Crippen LogP contribution >= 0.6 is 24.0 Å². The number of ether oxygens (including phenoxy) is 1. The van der Waals surface area contributed by atoms with E-state index in [0.717, 1.165) is 51.2 Å². The SMILES string of the molecule is CCOC(=O)CCCCCCCNC(=NC)N(C)Cc1cccn1C.I. The van der Waals surface area contributed by atoms with E-state index in [9.17, 15) is 4.79 Å². The maximum Gasteiger partial charge on any atom is 0.305 e. The normalized spacial score (nSPS) is 11.0. The molecule has 1 rings (SSSR count). The summed E-state index contributed by atoms with van der Waals surface area (Å²) >= 11 is 0. The second-order valence-corrected chi connectivity index (χ2v) is 6.26. The van der Waals surface area contributed by atoms with Crippen LogP contribution in [0.15, 0.2) is 23.3 Å². The first kappa shape index (κ1) is 24.8. The Kier molecular flexibility index (Phi) is 14.2. The zero-order chi connectivity index (χ0) is 18.5. The standard InChI is InChI=1S/C19H34N4O2.HI/c1-5-25-18(24)13-9-7-6-8-10-14-21-19(20-2)23(4)16-17-12-11-15-22(17)3;/h11-12,15H,5-10,13-14,16H2,1-4H3,(H,20,21);1H. The van der Waals surface area contributed by atoms with Gasteiger partial charge in [0.25, 0.3) is 0 Å². The number of esters is 1. The summed E-state index contributed by atoms with van der Waals surface area (Å²) in [5.74, 6) is 0.845. The van der Waals surface area contributed by atoms with Crippen molar-refractivity contribution >= 4 is 35.9 Å². The third-order valence-electron chi connectivity index (χ3n) is 4.17. The van der Waals surface area contributed by atoms with Crippen molar-refractivity contribution in [1.82, 2.24) is 14.8 Å². The minimum absolute atomic E-state index is 0. The quantitative estimate of drug-likeness (QED) is 0.174. The molecule has 6 nitrogen and oxygen atoms in total. The molecule has 26 heavy (non-hydrogen) atoms. The number of aromatic nitrogens is 1. The highest BCUT2D eigenvalue weighted by atomic mass is 127. The van der Waals surface area contributed by atoms with Crippen LogP contribution in [0.25, 0.3) is 0 Å². The lowest BCUT2D eigenvalue weighted by atomic mass is 10.1. The molecule has 0 aliphatic rings. The molecule has 1 N–H and O–H groups in total. The van der Waals surface area contributed by atoms with E-state index in [1.54, 1.807) is 0 Å². The first-order valence-corrected chi connectivity index (χ1v) is 9.26. The third-order valence-corrected chi connectivity index (χ3v) is 4.17. The Morgan fingerprint density at radius 1 is 1.27 bits per heavy atom. The molecule has 0 aliphatic heterocycles. The van der Waals surface area contributed by atoms with Crippen molar-refractivity contribution in [2.75, 3.05) is 27.2 Å². The molecule has 0 aromatic carbocycles. The molecule has 7 heteroatoms. The smallest absolute Gasteiger partial charge is 0.305 e. The Morgan fingerprint density at radius 3 is 2.58 bits per heavy atom. The molecule has 1 aromatic heterocycles. The number of guanidine groups is 1. The Labute approximate surface area is 175 Å². The van der Waals surface area contributed by atoms with E-state index in [-0.39, 0.29) is 29.9 Å². The molecule has 0 spiro atoms. The molecule has 0 saturated heterocycles. The summed E-state index contributed by atoms with van der Waals surface area (Å²) in [6, 6.07) is 4.18. The second kappa shape index (κ2) is 14.9. The number of rotatable bonds is 11. The van der Waals surface area contributed by atoms with Gasteiger partial charge in [-0.3, -0.25) is 9.79 Å². The van der Waals surface area contributed by atoms with Crippen molar-refractivity contribution in [3.05, 3.63) is 24.0 Å². The number of nitrogens with one attached hydrogen (secondary N) is 1. The fourth-order valence-electron chi connectivity index (χ4n) is 2.72. The van der Waals surface area contributed by atoms with E-state index in [4.69, 9.17) is 4.74 Å². The number of hydrogen-bond donors (Lipinski definition) is 1. The van der Waals surface area contributed by atoms with E-state index in [1.807, 2.05) is 14.0 Å². The minimum atomic E-state index is -0.0748. The van der Waals surface area contributed by atoms with Gasteiger partial charge in [-0.05, 0) is 31.9 Å². The van der Waals surface area contributed by atoms with Crippen LogP contribution in [0.2, 0.25) is 0 Å². The summed E-state index contributed by atoms with van der Waals surface area (Å²) in [6.07, 6.45) is 8.03. The molecule has 1 aromatic rings. The number of aliphatic imine (C=N–C) groups is 1. The first-order chi connectivity index (χ1) is 12.1. The van der Waals surface area contributed by atoms with Crippen LogP contribution in [0.3, 0.4) is 0 Å². The maximum absolute atomic E-state index is 11.2. The predicted octanol–water partition coefficient (Wildman–Crippen LogP) is 3.55. The Balaban J connectivity index is 0.00000625. The summed E-state index contributed by atoms with van der Waals surface area (Å²) < 4.78 is 7.05. The van der Waals surface area contributed by atoms with Crippen LogP contribution in [-0.2, 0) is 23.1 Å². The lowest BCUT2D eigenvalue weighted by molar-refractivity contribution is -0.143. The van der Waals surface area contributed by atoms with Crippen molar-refractivity contribution in [2.45, 2.75) is 52.0 Å². The summed E-state index contributed by atoms with van der Waals surface area (Å²) in [5.41, 5.74) is 1.26. The van der Waals surface area contributed by atoms with Gasteiger partial charge in [0.15, 0.2) is 5.96 Å². The topological polar surface area (TPSA) is 58.9 Å². The zero-order valence-electron chi connectivity index (χ0n) is 16.7. The molecule has 0 bridgehead atoms. The highest BCUT2D eigenvalue weighted by Crippen LogP contribution is 2.06. The number of carbonyl (C=O) groups is 1. The molecule has 0 amide bonds. The fraction of sp³-hybridized carbons (Fsp3) is 0.684. The Bertz CT molecular complexity index is 531. The van der Waals surface area contributed by atoms with Gasteiger partial charge in [0, 0.05) is 46.0 Å². The van der Waals surface area contributed by atoms with E-state index < -0.39 is 0 Å². The molecule has 0 radical (unpaired) electrons.